The molecular formula is C26H35N5O3S. The summed E-state index contributed by atoms with van der Waals surface area (Å²) in [4.78, 5) is 21.3. The maximum atomic E-state index is 12.7. The third-order valence-electron chi connectivity index (χ3n) is 6.19. The summed E-state index contributed by atoms with van der Waals surface area (Å²) in [6.07, 6.45) is 7.97. The minimum absolute atomic E-state index is 0.0362. The molecule has 3 aromatic heterocycles. The Bertz CT molecular complexity index is 1140. The summed E-state index contributed by atoms with van der Waals surface area (Å²) in [5, 5.41) is 20.8. The Morgan fingerprint density at radius 1 is 1.14 bits per heavy atom. The molecule has 35 heavy (non-hydrogen) atoms. The van der Waals surface area contributed by atoms with Gasteiger partial charge in [0, 0.05) is 28.7 Å². The number of aryl methyl sites for hydroxylation is 3. The fraction of sp³-hybridized carbons (Fsp3) is 0.500. The van der Waals surface area contributed by atoms with Gasteiger partial charge in [-0.3, -0.25) is 20.1 Å². The van der Waals surface area contributed by atoms with Gasteiger partial charge in [-0.1, -0.05) is 31.6 Å². The highest BCUT2D eigenvalue weighted by molar-refractivity contribution is 7.15. The second-order valence-corrected chi connectivity index (χ2v) is 10.4. The predicted molar refractivity (Wildman–Crippen MR) is 139 cm³/mol. The number of hydrogen-bond acceptors (Lipinski definition) is 8. The molecule has 3 aromatic rings. The largest absolute Gasteiger partial charge is 0.494 e. The lowest BCUT2D eigenvalue weighted by Crippen LogP contribution is -2.29. The zero-order valence-corrected chi connectivity index (χ0v) is 22.1. The first-order chi connectivity index (χ1) is 16.7. The van der Waals surface area contributed by atoms with Crippen LogP contribution in [0, 0.1) is 32.6 Å². The molecule has 3 heterocycles. The van der Waals surface area contributed by atoms with Crippen molar-refractivity contribution in [1.29, 1.82) is 0 Å². The van der Waals surface area contributed by atoms with Crippen LogP contribution in [0.4, 0.5) is 5.13 Å². The van der Waals surface area contributed by atoms with Gasteiger partial charge in [0.05, 0.1) is 25.0 Å². The normalized spacial score (nSPS) is 17.6. The lowest BCUT2D eigenvalue weighted by molar-refractivity contribution is 0.0324. The highest BCUT2D eigenvalue weighted by atomic mass is 32.1. The molecule has 1 unspecified atom stereocenters. The minimum atomic E-state index is -0.296. The van der Waals surface area contributed by atoms with Crippen molar-refractivity contribution in [3.05, 3.63) is 46.5 Å². The van der Waals surface area contributed by atoms with E-state index in [0.29, 0.717) is 16.4 Å². The summed E-state index contributed by atoms with van der Waals surface area (Å²) in [6.45, 7) is 10.1. The Kier molecular flexibility index (Phi) is 9.28. The van der Waals surface area contributed by atoms with E-state index >= 15 is 0 Å². The molecule has 4 rings (SSSR count). The Balaban J connectivity index is 0.000000287. The van der Waals surface area contributed by atoms with E-state index in [1.54, 1.807) is 19.5 Å². The molecule has 1 saturated carbocycles. The number of pyridine rings is 2. The van der Waals surface area contributed by atoms with Crippen LogP contribution >= 0.6 is 11.3 Å². The molecule has 0 radical (unpaired) electrons. The summed E-state index contributed by atoms with van der Waals surface area (Å²) in [5.74, 6) is 2.00. The fourth-order valence-corrected chi connectivity index (χ4v) is 4.61. The van der Waals surface area contributed by atoms with Crippen LogP contribution in [0.5, 0.6) is 5.75 Å². The predicted octanol–water partition coefficient (Wildman–Crippen LogP) is 5.37. The molecule has 0 aromatic carbocycles. The van der Waals surface area contributed by atoms with Gasteiger partial charge in [0.2, 0.25) is 5.13 Å². The summed E-state index contributed by atoms with van der Waals surface area (Å²) in [7, 11) is 1.58. The topological polar surface area (TPSA) is 110 Å². The van der Waals surface area contributed by atoms with Gasteiger partial charge in [-0.05, 0) is 64.0 Å². The van der Waals surface area contributed by atoms with Crippen LogP contribution in [0.15, 0.2) is 24.5 Å². The van der Waals surface area contributed by atoms with E-state index < -0.39 is 0 Å². The van der Waals surface area contributed by atoms with Crippen molar-refractivity contribution in [2.75, 3.05) is 12.4 Å². The molecular weight excluding hydrogens is 462 g/mol. The van der Waals surface area contributed by atoms with Crippen molar-refractivity contribution in [2.45, 2.75) is 66.4 Å². The van der Waals surface area contributed by atoms with E-state index in [9.17, 15) is 4.79 Å². The molecule has 0 saturated heterocycles. The van der Waals surface area contributed by atoms with Gasteiger partial charge in [0.15, 0.2) is 0 Å². The van der Waals surface area contributed by atoms with Crippen molar-refractivity contribution in [3.8, 4) is 16.9 Å². The number of nitrogens with zero attached hydrogens (tertiary/aromatic N) is 4. The molecule has 0 aliphatic heterocycles. The highest BCUT2D eigenvalue weighted by Gasteiger charge is 2.27. The number of aliphatic hydroxyl groups excluding tert-OH is 1. The fourth-order valence-electron chi connectivity index (χ4n) is 4.02. The van der Waals surface area contributed by atoms with Crippen LogP contribution in [-0.2, 0) is 0 Å². The standard InChI is InChI=1S/C17H17N5O2S.C9H18O/c1-9-5-12(13-6-10(2)19-8-15(13)24-4)14(7-18-9)16(23)20-17-22-21-11(3)25-17;1-3-7(2)4-8-5-9(10)6-8/h5-8H,1-4H3,(H,20,22,23);7-10H,3-6H2,1-2H3. The Morgan fingerprint density at radius 2 is 1.80 bits per heavy atom. The van der Waals surface area contributed by atoms with Gasteiger partial charge in [0.1, 0.15) is 10.8 Å². The van der Waals surface area contributed by atoms with Crippen molar-refractivity contribution >= 4 is 22.4 Å². The number of methoxy groups -OCH3 is 1. The highest BCUT2D eigenvalue weighted by Crippen LogP contribution is 2.34. The number of hydrogen-bond donors (Lipinski definition) is 2. The number of anilines is 1. The van der Waals surface area contributed by atoms with E-state index in [1.807, 2.05) is 32.9 Å². The van der Waals surface area contributed by atoms with E-state index in [1.165, 1.54) is 24.2 Å². The van der Waals surface area contributed by atoms with Crippen LogP contribution in [0.1, 0.15) is 66.3 Å². The average Bonchev–Trinajstić information content (AvgIpc) is 3.22. The average molecular weight is 498 g/mol. The van der Waals surface area contributed by atoms with E-state index in [4.69, 9.17) is 9.84 Å². The van der Waals surface area contributed by atoms with Crippen LogP contribution in [-0.4, -0.2) is 44.4 Å². The molecule has 9 heteroatoms. The van der Waals surface area contributed by atoms with Gasteiger partial charge in [0.25, 0.3) is 5.91 Å². The monoisotopic (exact) mass is 497 g/mol. The first-order valence-electron chi connectivity index (χ1n) is 12.0. The van der Waals surface area contributed by atoms with Crippen LogP contribution in [0.2, 0.25) is 0 Å². The number of ether oxygens (including phenoxy) is 1. The number of carbonyl (C=O) groups is 1. The Morgan fingerprint density at radius 3 is 2.37 bits per heavy atom. The lowest BCUT2D eigenvalue weighted by atomic mass is 9.77. The van der Waals surface area contributed by atoms with Gasteiger partial charge in [-0.2, -0.15) is 0 Å². The van der Waals surface area contributed by atoms with Crippen molar-refractivity contribution < 1.29 is 14.6 Å². The first kappa shape index (κ1) is 26.7. The Labute approximate surface area is 211 Å². The quantitative estimate of drug-likeness (QED) is 0.451. The maximum Gasteiger partial charge on any atom is 0.259 e. The zero-order valence-electron chi connectivity index (χ0n) is 21.3. The smallest absolute Gasteiger partial charge is 0.259 e. The van der Waals surface area contributed by atoms with Crippen LogP contribution < -0.4 is 10.1 Å². The van der Waals surface area contributed by atoms with E-state index in [2.05, 4.69) is 39.3 Å². The first-order valence-corrected chi connectivity index (χ1v) is 12.8. The molecule has 1 atom stereocenters. The number of amides is 1. The SMILES string of the molecule is CCC(C)CC1CC(O)C1.COc1cnc(C)cc1-c1cc(C)ncc1C(=O)Nc1nnc(C)s1. The molecule has 1 aliphatic rings. The summed E-state index contributed by atoms with van der Waals surface area (Å²) in [6, 6.07) is 3.75. The van der Waals surface area contributed by atoms with Gasteiger partial charge in [-0.25, -0.2) is 0 Å². The number of aliphatic hydroxyl groups is 1. The number of aromatic nitrogens is 4. The third kappa shape index (κ3) is 7.29. The van der Waals surface area contributed by atoms with E-state index in [0.717, 1.165) is 52.2 Å². The number of rotatable bonds is 7. The van der Waals surface area contributed by atoms with E-state index in [-0.39, 0.29) is 12.0 Å². The Hall–Kier alpha value is -2.91. The lowest BCUT2D eigenvalue weighted by Gasteiger charge is -2.33. The molecule has 0 spiro atoms. The molecule has 1 aliphatic carbocycles. The molecule has 188 valence electrons. The van der Waals surface area contributed by atoms with Gasteiger partial charge >= 0.3 is 0 Å². The minimum Gasteiger partial charge on any atom is -0.494 e. The third-order valence-corrected chi connectivity index (χ3v) is 6.94. The van der Waals surface area contributed by atoms with Crippen molar-refractivity contribution in [3.63, 3.8) is 0 Å². The number of nitrogens with one attached hydrogen (secondary N) is 1. The second kappa shape index (κ2) is 12.2. The molecule has 2 N–H and O–H groups in total. The van der Waals surface area contributed by atoms with Crippen molar-refractivity contribution in [1.82, 2.24) is 20.2 Å². The molecule has 1 amide bonds. The molecule has 0 bridgehead atoms. The van der Waals surface area contributed by atoms with Crippen LogP contribution in [0.25, 0.3) is 11.1 Å². The van der Waals surface area contributed by atoms with Crippen molar-refractivity contribution in [2.24, 2.45) is 11.8 Å². The second-order valence-electron chi connectivity index (χ2n) is 9.22. The summed E-state index contributed by atoms with van der Waals surface area (Å²) >= 11 is 1.32. The molecule has 8 nitrogen and oxygen atoms in total. The summed E-state index contributed by atoms with van der Waals surface area (Å²) in [5.41, 5.74) is 3.58. The molecule has 1 fully saturated rings. The zero-order chi connectivity index (χ0) is 25.5. The van der Waals surface area contributed by atoms with Gasteiger partial charge in [-0.15, -0.1) is 10.2 Å². The maximum absolute atomic E-state index is 12.7. The summed E-state index contributed by atoms with van der Waals surface area (Å²) < 4.78 is 5.42. The number of carbonyl (C=O) groups excluding carboxylic acids is 1. The van der Waals surface area contributed by atoms with Gasteiger partial charge < -0.3 is 9.84 Å². The van der Waals surface area contributed by atoms with Crippen LogP contribution in [0.3, 0.4) is 0 Å².